The van der Waals surface area contributed by atoms with Crippen LogP contribution in [-0.2, 0) is 27.1 Å². The van der Waals surface area contributed by atoms with Crippen molar-refractivity contribution >= 4 is 5.97 Å². The molecule has 0 unspecified atom stereocenters. The van der Waals surface area contributed by atoms with E-state index in [-0.39, 0.29) is 11.4 Å². The van der Waals surface area contributed by atoms with Crippen molar-refractivity contribution in [2.75, 3.05) is 6.61 Å². The highest BCUT2D eigenvalue weighted by Crippen LogP contribution is 2.50. The quantitative estimate of drug-likeness (QED) is 0.682. The molecule has 112 valence electrons. The zero-order valence-electron chi connectivity index (χ0n) is 13.0. The molecule has 3 aliphatic rings. The molecule has 1 aromatic carbocycles. The van der Waals surface area contributed by atoms with E-state index in [0.717, 1.165) is 30.4 Å². The van der Waals surface area contributed by atoms with E-state index in [1.54, 1.807) is 0 Å². The van der Waals surface area contributed by atoms with E-state index in [4.69, 9.17) is 9.47 Å². The average molecular weight is 286 g/mol. The van der Waals surface area contributed by atoms with Crippen LogP contribution in [0.15, 0.2) is 12.1 Å². The molecule has 21 heavy (non-hydrogen) atoms. The van der Waals surface area contributed by atoms with Crippen LogP contribution >= 0.6 is 0 Å². The smallest absolute Gasteiger partial charge is 0.341 e. The van der Waals surface area contributed by atoms with Crippen LogP contribution in [0.1, 0.15) is 67.1 Å². The Kier molecular flexibility index (Phi) is 2.60. The highest BCUT2D eigenvalue weighted by atomic mass is 16.7. The van der Waals surface area contributed by atoms with E-state index >= 15 is 0 Å². The van der Waals surface area contributed by atoms with Crippen LogP contribution in [0.4, 0.5) is 0 Å². The third kappa shape index (κ3) is 1.73. The molecule has 4 rings (SSSR count). The van der Waals surface area contributed by atoms with Crippen LogP contribution in [0, 0.1) is 5.92 Å². The number of rotatable bonds is 0. The highest BCUT2D eigenvalue weighted by molar-refractivity contribution is 5.96. The summed E-state index contributed by atoms with van der Waals surface area (Å²) in [4.78, 5) is 12.5. The third-order valence-corrected chi connectivity index (χ3v) is 5.36. The van der Waals surface area contributed by atoms with Crippen molar-refractivity contribution in [3.05, 3.63) is 34.4 Å². The maximum absolute atomic E-state index is 12.5. The molecule has 2 aliphatic heterocycles. The van der Waals surface area contributed by atoms with Crippen molar-refractivity contribution in [1.82, 2.24) is 0 Å². The predicted octanol–water partition coefficient (Wildman–Crippen LogP) is 3.68. The summed E-state index contributed by atoms with van der Waals surface area (Å²) in [6.07, 6.45) is 4.05. The maximum atomic E-state index is 12.5. The van der Waals surface area contributed by atoms with Crippen LogP contribution < -0.4 is 0 Å². The Hall–Kier alpha value is -1.35. The number of fused-ring (bicyclic) bond motifs is 4. The second kappa shape index (κ2) is 4.10. The van der Waals surface area contributed by atoms with Gasteiger partial charge in [0.15, 0.2) is 0 Å². The number of carbonyl (C=O) groups is 1. The lowest BCUT2D eigenvalue weighted by Crippen LogP contribution is -2.26. The van der Waals surface area contributed by atoms with Gasteiger partial charge in [-0.25, -0.2) is 4.79 Å². The fourth-order valence-electron chi connectivity index (χ4n) is 4.30. The Bertz CT molecular complexity index is 632. The van der Waals surface area contributed by atoms with Crippen molar-refractivity contribution in [2.45, 2.75) is 57.7 Å². The molecule has 1 saturated heterocycles. The molecule has 0 aromatic heterocycles. The Morgan fingerprint density at radius 1 is 1.24 bits per heavy atom. The lowest BCUT2D eigenvalue weighted by atomic mass is 9.71. The molecule has 2 heterocycles. The summed E-state index contributed by atoms with van der Waals surface area (Å²) in [7, 11) is 0. The minimum atomic E-state index is -0.803. The van der Waals surface area contributed by atoms with Crippen LogP contribution in [0.25, 0.3) is 0 Å². The first kappa shape index (κ1) is 13.3. The van der Waals surface area contributed by atoms with Gasteiger partial charge in [-0.3, -0.25) is 0 Å². The summed E-state index contributed by atoms with van der Waals surface area (Å²) in [5.74, 6) is -0.562. The van der Waals surface area contributed by atoms with E-state index in [9.17, 15) is 4.79 Å². The van der Waals surface area contributed by atoms with Crippen molar-refractivity contribution < 1.29 is 14.3 Å². The van der Waals surface area contributed by atoms with Crippen LogP contribution in [-0.4, -0.2) is 12.6 Å². The summed E-state index contributed by atoms with van der Waals surface area (Å²) in [5.41, 5.74) is 4.42. The van der Waals surface area contributed by atoms with Crippen LogP contribution in [0.3, 0.4) is 0 Å². The zero-order chi connectivity index (χ0) is 14.8. The van der Waals surface area contributed by atoms with Gasteiger partial charge < -0.3 is 9.47 Å². The second-order valence-electron chi connectivity index (χ2n) is 7.51. The second-order valence-corrected chi connectivity index (χ2v) is 7.51. The molecule has 2 atom stereocenters. The minimum absolute atomic E-state index is 0.141. The molecular formula is C18H22O3. The lowest BCUT2D eigenvalue weighted by Gasteiger charge is -2.33. The largest absolute Gasteiger partial charge is 0.425 e. The molecular weight excluding hydrogens is 264 g/mol. The molecule has 0 N–H and O–H groups in total. The van der Waals surface area contributed by atoms with Gasteiger partial charge in [-0.1, -0.05) is 32.9 Å². The zero-order valence-corrected chi connectivity index (χ0v) is 13.0. The van der Waals surface area contributed by atoms with Gasteiger partial charge in [0.05, 0.1) is 12.2 Å². The van der Waals surface area contributed by atoms with E-state index in [2.05, 4.69) is 32.9 Å². The Morgan fingerprint density at radius 3 is 2.71 bits per heavy atom. The number of esters is 1. The van der Waals surface area contributed by atoms with Gasteiger partial charge in [0, 0.05) is 12.0 Å². The highest BCUT2D eigenvalue weighted by Gasteiger charge is 2.52. The molecule has 1 fully saturated rings. The van der Waals surface area contributed by atoms with E-state index in [1.807, 2.05) is 0 Å². The van der Waals surface area contributed by atoms with Gasteiger partial charge in [-0.15, -0.1) is 0 Å². The van der Waals surface area contributed by atoms with Crippen molar-refractivity contribution in [3.63, 3.8) is 0 Å². The number of hydrogen-bond acceptors (Lipinski definition) is 3. The lowest BCUT2D eigenvalue weighted by molar-refractivity contribution is -0.172. The third-order valence-electron chi connectivity index (χ3n) is 5.36. The summed E-state index contributed by atoms with van der Waals surface area (Å²) < 4.78 is 11.6. The predicted molar refractivity (Wildman–Crippen MR) is 79.2 cm³/mol. The molecule has 1 aliphatic carbocycles. The maximum Gasteiger partial charge on any atom is 0.341 e. The molecule has 0 bridgehead atoms. The molecule has 0 radical (unpaired) electrons. The molecule has 3 heteroatoms. The fraction of sp³-hybridized carbons (Fsp3) is 0.611. The molecule has 1 spiro atoms. The van der Waals surface area contributed by atoms with E-state index in [1.165, 1.54) is 17.5 Å². The SMILES string of the molecule is C[C@H]1CO[C@@]2(C1)OC(=O)c1c2ccc2c1CCCC2(C)C. The summed E-state index contributed by atoms with van der Waals surface area (Å²) in [6.45, 7) is 7.33. The van der Waals surface area contributed by atoms with Crippen molar-refractivity contribution in [3.8, 4) is 0 Å². The number of carbonyl (C=O) groups excluding carboxylic acids is 1. The van der Waals surface area contributed by atoms with Crippen molar-refractivity contribution in [1.29, 1.82) is 0 Å². The van der Waals surface area contributed by atoms with Crippen molar-refractivity contribution in [2.24, 2.45) is 5.92 Å². The first-order chi connectivity index (χ1) is 9.93. The van der Waals surface area contributed by atoms with Gasteiger partial charge in [-0.2, -0.15) is 0 Å². The van der Waals surface area contributed by atoms with E-state index < -0.39 is 5.79 Å². The molecule has 0 saturated carbocycles. The van der Waals surface area contributed by atoms with Gasteiger partial charge in [-0.05, 0) is 41.7 Å². The minimum Gasteiger partial charge on any atom is -0.425 e. The normalized spacial score (nSPS) is 32.9. The van der Waals surface area contributed by atoms with Gasteiger partial charge in [0.25, 0.3) is 0 Å². The van der Waals surface area contributed by atoms with Crippen LogP contribution in [0.5, 0.6) is 0 Å². The fourth-order valence-corrected chi connectivity index (χ4v) is 4.30. The Morgan fingerprint density at radius 2 is 2.00 bits per heavy atom. The van der Waals surface area contributed by atoms with Crippen LogP contribution in [0.2, 0.25) is 0 Å². The Labute approximate surface area is 125 Å². The Balaban J connectivity index is 1.91. The monoisotopic (exact) mass is 286 g/mol. The number of ether oxygens (including phenoxy) is 2. The first-order valence-corrected chi connectivity index (χ1v) is 7.97. The first-order valence-electron chi connectivity index (χ1n) is 7.97. The van der Waals surface area contributed by atoms with E-state index in [0.29, 0.717) is 12.5 Å². The number of hydrogen-bond donors (Lipinski definition) is 0. The van der Waals surface area contributed by atoms with Gasteiger partial charge in [0.1, 0.15) is 0 Å². The van der Waals surface area contributed by atoms with Gasteiger partial charge >= 0.3 is 5.97 Å². The molecule has 3 nitrogen and oxygen atoms in total. The standard InChI is InChI=1S/C18H22O3/c1-11-9-18(20-10-11)14-7-6-13-12(15(14)16(19)21-18)5-4-8-17(13,2)3/h6-7,11H,4-5,8-10H2,1-3H3/t11-,18+/m1/s1. The topological polar surface area (TPSA) is 35.5 Å². The molecule has 0 amide bonds. The molecule has 1 aromatic rings. The average Bonchev–Trinajstić information content (AvgIpc) is 2.91. The summed E-state index contributed by atoms with van der Waals surface area (Å²) >= 11 is 0. The van der Waals surface area contributed by atoms with Gasteiger partial charge in [0.2, 0.25) is 5.79 Å². The summed E-state index contributed by atoms with van der Waals surface area (Å²) in [5, 5.41) is 0. The summed E-state index contributed by atoms with van der Waals surface area (Å²) in [6, 6.07) is 4.27. The number of benzene rings is 1.